The standard InChI is InChI=1S/C12H20F3N3O2/c1-3-5-18-11(10(19-2)7-17-18)9(16)4-6-20-8-12(13,14)15/h7,9H,3-6,8,16H2,1-2H3. The van der Waals surface area contributed by atoms with Crippen LogP contribution in [0.25, 0.3) is 0 Å². The molecule has 5 nitrogen and oxygen atoms in total. The molecule has 0 radical (unpaired) electrons. The van der Waals surface area contributed by atoms with Gasteiger partial charge in [-0.15, -0.1) is 0 Å². The van der Waals surface area contributed by atoms with Gasteiger partial charge in [-0.25, -0.2) is 0 Å². The van der Waals surface area contributed by atoms with Gasteiger partial charge in [0.25, 0.3) is 0 Å². The Morgan fingerprint density at radius 1 is 1.45 bits per heavy atom. The highest BCUT2D eigenvalue weighted by Crippen LogP contribution is 2.26. The zero-order valence-corrected chi connectivity index (χ0v) is 11.6. The lowest BCUT2D eigenvalue weighted by Crippen LogP contribution is -2.21. The first-order valence-corrected chi connectivity index (χ1v) is 6.38. The number of hydrogen-bond donors (Lipinski definition) is 1. The van der Waals surface area contributed by atoms with Gasteiger partial charge in [-0.1, -0.05) is 6.92 Å². The van der Waals surface area contributed by atoms with Crippen LogP contribution in [0.4, 0.5) is 13.2 Å². The summed E-state index contributed by atoms with van der Waals surface area (Å²) in [5, 5.41) is 4.16. The fraction of sp³-hybridized carbons (Fsp3) is 0.750. The topological polar surface area (TPSA) is 62.3 Å². The quantitative estimate of drug-likeness (QED) is 0.747. The molecule has 0 aliphatic carbocycles. The third kappa shape index (κ3) is 5.01. The number of alkyl halides is 3. The maximum Gasteiger partial charge on any atom is 0.411 e. The van der Waals surface area contributed by atoms with Crippen LogP contribution in [-0.2, 0) is 11.3 Å². The molecular formula is C12H20F3N3O2. The van der Waals surface area contributed by atoms with E-state index in [1.807, 2.05) is 6.92 Å². The van der Waals surface area contributed by atoms with Gasteiger partial charge in [-0.2, -0.15) is 18.3 Å². The normalized spacial score (nSPS) is 13.5. The predicted octanol–water partition coefficient (Wildman–Crippen LogP) is 2.27. The summed E-state index contributed by atoms with van der Waals surface area (Å²) in [7, 11) is 1.50. The minimum atomic E-state index is -4.31. The van der Waals surface area contributed by atoms with E-state index in [2.05, 4.69) is 9.84 Å². The van der Waals surface area contributed by atoms with Crippen molar-refractivity contribution in [3.05, 3.63) is 11.9 Å². The van der Waals surface area contributed by atoms with E-state index in [0.29, 0.717) is 18.0 Å². The molecule has 0 bridgehead atoms. The molecule has 116 valence electrons. The third-order valence-corrected chi connectivity index (χ3v) is 2.69. The molecule has 1 rings (SSSR count). The lowest BCUT2D eigenvalue weighted by Gasteiger charge is -2.16. The van der Waals surface area contributed by atoms with Crippen LogP contribution in [0.15, 0.2) is 6.20 Å². The van der Waals surface area contributed by atoms with E-state index in [9.17, 15) is 13.2 Å². The van der Waals surface area contributed by atoms with Crippen LogP contribution in [-0.4, -0.2) is 36.3 Å². The van der Waals surface area contributed by atoms with Gasteiger partial charge in [0.05, 0.1) is 25.0 Å². The molecule has 1 unspecified atom stereocenters. The van der Waals surface area contributed by atoms with Crippen molar-refractivity contribution in [1.82, 2.24) is 9.78 Å². The number of aryl methyl sites for hydroxylation is 1. The van der Waals surface area contributed by atoms with Gasteiger partial charge in [0.1, 0.15) is 6.61 Å². The first-order valence-electron chi connectivity index (χ1n) is 6.38. The van der Waals surface area contributed by atoms with Gasteiger partial charge in [-0.05, 0) is 12.8 Å². The lowest BCUT2D eigenvalue weighted by molar-refractivity contribution is -0.174. The summed E-state index contributed by atoms with van der Waals surface area (Å²) >= 11 is 0. The second kappa shape index (κ2) is 7.49. The van der Waals surface area contributed by atoms with Crippen LogP contribution in [0.5, 0.6) is 5.75 Å². The van der Waals surface area contributed by atoms with Crippen molar-refractivity contribution in [3.63, 3.8) is 0 Å². The zero-order valence-electron chi connectivity index (χ0n) is 11.6. The summed E-state index contributed by atoms with van der Waals surface area (Å²) in [6.07, 6.45) is -1.62. The summed E-state index contributed by atoms with van der Waals surface area (Å²) in [5.41, 5.74) is 6.68. The average Bonchev–Trinajstić information content (AvgIpc) is 2.76. The monoisotopic (exact) mass is 295 g/mol. The minimum absolute atomic E-state index is 0.0683. The molecule has 1 aromatic rings. The number of hydrogen-bond acceptors (Lipinski definition) is 4. The van der Waals surface area contributed by atoms with Gasteiger partial charge in [0.2, 0.25) is 0 Å². The van der Waals surface area contributed by atoms with Gasteiger partial charge in [0, 0.05) is 13.2 Å². The van der Waals surface area contributed by atoms with Gasteiger partial charge in [0.15, 0.2) is 5.75 Å². The molecule has 0 aromatic carbocycles. The molecule has 0 spiro atoms. The smallest absolute Gasteiger partial charge is 0.411 e. The Balaban J connectivity index is 2.57. The molecule has 2 N–H and O–H groups in total. The fourth-order valence-corrected chi connectivity index (χ4v) is 1.83. The molecular weight excluding hydrogens is 275 g/mol. The molecule has 8 heteroatoms. The Morgan fingerprint density at radius 2 is 2.15 bits per heavy atom. The number of nitrogens with two attached hydrogens (primary N) is 1. The molecule has 0 amide bonds. The SMILES string of the molecule is CCCn1ncc(OC)c1C(N)CCOCC(F)(F)F. The van der Waals surface area contributed by atoms with Gasteiger partial charge in [-0.3, -0.25) is 4.68 Å². The zero-order chi connectivity index (χ0) is 15.2. The number of aromatic nitrogens is 2. The highest BCUT2D eigenvalue weighted by molar-refractivity contribution is 5.28. The van der Waals surface area contributed by atoms with Crippen molar-refractivity contribution < 1.29 is 22.6 Å². The van der Waals surface area contributed by atoms with E-state index in [1.54, 1.807) is 10.9 Å². The second-order valence-corrected chi connectivity index (χ2v) is 4.38. The Bertz CT molecular complexity index is 407. The molecule has 0 aliphatic rings. The first-order chi connectivity index (χ1) is 9.39. The number of halogens is 3. The largest absolute Gasteiger partial charge is 0.493 e. The second-order valence-electron chi connectivity index (χ2n) is 4.38. The van der Waals surface area contributed by atoms with E-state index in [-0.39, 0.29) is 13.0 Å². The Hall–Kier alpha value is -1.28. The van der Waals surface area contributed by atoms with Crippen LogP contribution in [0.1, 0.15) is 31.5 Å². The molecule has 0 saturated heterocycles. The maximum absolute atomic E-state index is 11.9. The molecule has 20 heavy (non-hydrogen) atoms. The van der Waals surface area contributed by atoms with E-state index in [0.717, 1.165) is 6.42 Å². The van der Waals surface area contributed by atoms with Crippen molar-refractivity contribution in [2.45, 2.75) is 38.5 Å². The first kappa shape index (κ1) is 16.8. The van der Waals surface area contributed by atoms with E-state index in [1.165, 1.54) is 7.11 Å². The van der Waals surface area contributed by atoms with Crippen LogP contribution in [0, 0.1) is 0 Å². The summed E-state index contributed by atoms with van der Waals surface area (Å²) in [4.78, 5) is 0. The van der Waals surface area contributed by atoms with Crippen molar-refractivity contribution in [1.29, 1.82) is 0 Å². The number of ether oxygens (including phenoxy) is 2. The summed E-state index contributed by atoms with van der Waals surface area (Å²) in [6.45, 7) is 1.35. The number of methoxy groups -OCH3 is 1. The summed E-state index contributed by atoms with van der Waals surface area (Å²) in [5.74, 6) is 0.543. The van der Waals surface area contributed by atoms with Crippen molar-refractivity contribution in [3.8, 4) is 5.75 Å². The van der Waals surface area contributed by atoms with E-state index >= 15 is 0 Å². The molecule has 1 atom stereocenters. The van der Waals surface area contributed by atoms with Crippen LogP contribution >= 0.6 is 0 Å². The summed E-state index contributed by atoms with van der Waals surface area (Å²) < 4.78 is 47.3. The Labute approximate surface area is 115 Å². The maximum atomic E-state index is 11.9. The molecule has 0 saturated carbocycles. The number of rotatable bonds is 8. The van der Waals surface area contributed by atoms with Gasteiger partial charge < -0.3 is 15.2 Å². The fourth-order valence-electron chi connectivity index (χ4n) is 1.83. The number of nitrogens with zero attached hydrogens (tertiary/aromatic N) is 2. The van der Waals surface area contributed by atoms with Crippen LogP contribution in [0.2, 0.25) is 0 Å². The summed E-state index contributed by atoms with van der Waals surface area (Å²) in [6, 6.07) is -0.479. The van der Waals surface area contributed by atoms with Crippen LogP contribution < -0.4 is 10.5 Å². The predicted molar refractivity (Wildman–Crippen MR) is 67.5 cm³/mol. The third-order valence-electron chi connectivity index (χ3n) is 2.69. The molecule has 1 heterocycles. The van der Waals surface area contributed by atoms with Crippen molar-refractivity contribution in [2.75, 3.05) is 20.3 Å². The molecule has 0 aliphatic heterocycles. The molecule has 1 aromatic heterocycles. The average molecular weight is 295 g/mol. The Kier molecular flexibility index (Phi) is 6.28. The van der Waals surface area contributed by atoms with Crippen molar-refractivity contribution >= 4 is 0 Å². The van der Waals surface area contributed by atoms with Gasteiger partial charge >= 0.3 is 6.18 Å². The van der Waals surface area contributed by atoms with Crippen molar-refractivity contribution in [2.24, 2.45) is 5.73 Å². The van der Waals surface area contributed by atoms with E-state index < -0.39 is 18.8 Å². The highest BCUT2D eigenvalue weighted by atomic mass is 19.4. The molecule has 0 fully saturated rings. The minimum Gasteiger partial charge on any atom is -0.493 e. The Morgan fingerprint density at radius 3 is 2.70 bits per heavy atom. The van der Waals surface area contributed by atoms with Crippen LogP contribution in [0.3, 0.4) is 0 Å². The highest BCUT2D eigenvalue weighted by Gasteiger charge is 2.27. The lowest BCUT2D eigenvalue weighted by atomic mass is 10.1. The van der Waals surface area contributed by atoms with E-state index in [4.69, 9.17) is 10.5 Å².